The largest absolute Gasteiger partial charge is 0.507 e. The van der Waals surface area contributed by atoms with E-state index in [1.807, 2.05) is 13.8 Å². The highest BCUT2D eigenvalue weighted by atomic mass is 16.3. The molecule has 0 heterocycles. The molecule has 2 heteroatoms. The van der Waals surface area contributed by atoms with E-state index in [0.717, 1.165) is 24.0 Å². The first-order valence-corrected chi connectivity index (χ1v) is 4.95. The van der Waals surface area contributed by atoms with Crippen molar-refractivity contribution in [3.63, 3.8) is 0 Å². The van der Waals surface area contributed by atoms with Gasteiger partial charge < -0.3 is 5.11 Å². The summed E-state index contributed by atoms with van der Waals surface area (Å²) in [7, 11) is 0. The Balaban J connectivity index is 3.32. The van der Waals surface area contributed by atoms with Crippen LogP contribution in [0.5, 0.6) is 5.75 Å². The fourth-order valence-corrected chi connectivity index (χ4v) is 1.50. The Labute approximate surface area is 84.6 Å². The van der Waals surface area contributed by atoms with E-state index in [2.05, 4.69) is 0 Å². The summed E-state index contributed by atoms with van der Waals surface area (Å²) in [6.45, 7) is 5.49. The Morgan fingerprint density at radius 3 is 1.93 bits per heavy atom. The molecule has 0 saturated heterocycles. The molecular formula is C12H16O2. The van der Waals surface area contributed by atoms with Crippen molar-refractivity contribution in [1.29, 1.82) is 0 Å². The Kier molecular flexibility index (Phi) is 3.28. The van der Waals surface area contributed by atoms with Crippen LogP contribution in [0, 0.1) is 0 Å². The first-order valence-electron chi connectivity index (χ1n) is 4.95. The SMILES string of the molecule is CCc1cc(C(C)=O)cc(CC)c1O. The number of hydrogen-bond donors (Lipinski definition) is 1. The van der Waals surface area contributed by atoms with Gasteiger partial charge in [0.1, 0.15) is 5.75 Å². The van der Waals surface area contributed by atoms with Crippen LogP contribution in [0.15, 0.2) is 12.1 Å². The van der Waals surface area contributed by atoms with Crippen LogP contribution in [0.3, 0.4) is 0 Å². The zero-order chi connectivity index (χ0) is 10.7. The maximum atomic E-state index is 11.2. The molecule has 0 aliphatic carbocycles. The number of benzene rings is 1. The molecule has 0 aliphatic heterocycles. The third-order valence-electron chi connectivity index (χ3n) is 2.44. The molecule has 0 saturated carbocycles. The molecule has 0 amide bonds. The number of Topliss-reactive ketones (excluding diaryl/α,β-unsaturated/α-hetero) is 1. The molecule has 0 aromatic heterocycles. The number of aryl methyl sites for hydroxylation is 2. The van der Waals surface area contributed by atoms with Crippen LogP contribution in [0.4, 0.5) is 0 Å². The van der Waals surface area contributed by atoms with Crippen LogP contribution in [0.25, 0.3) is 0 Å². The molecule has 0 aliphatic rings. The zero-order valence-corrected chi connectivity index (χ0v) is 8.92. The van der Waals surface area contributed by atoms with E-state index in [-0.39, 0.29) is 5.78 Å². The van der Waals surface area contributed by atoms with Crippen molar-refractivity contribution < 1.29 is 9.90 Å². The van der Waals surface area contributed by atoms with Gasteiger partial charge >= 0.3 is 0 Å². The number of hydrogen-bond acceptors (Lipinski definition) is 2. The number of carbonyl (C=O) groups is 1. The molecule has 76 valence electrons. The van der Waals surface area contributed by atoms with Gasteiger partial charge in [0, 0.05) is 5.56 Å². The van der Waals surface area contributed by atoms with Gasteiger partial charge in [0.05, 0.1) is 0 Å². The van der Waals surface area contributed by atoms with Gasteiger partial charge in [-0.2, -0.15) is 0 Å². The van der Waals surface area contributed by atoms with E-state index >= 15 is 0 Å². The molecule has 0 fully saturated rings. The van der Waals surface area contributed by atoms with Crippen LogP contribution >= 0.6 is 0 Å². The minimum atomic E-state index is 0.0504. The first-order chi connectivity index (χ1) is 6.60. The van der Waals surface area contributed by atoms with Crippen molar-refractivity contribution in [3.05, 3.63) is 28.8 Å². The fraction of sp³-hybridized carbons (Fsp3) is 0.417. The maximum Gasteiger partial charge on any atom is 0.159 e. The topological polar surface area (TPSA) is 37.3 Å². The molecule has 0 unspecified atom stereocenters. The third-order valence-corrected chi connectivity index (χ3v) is 2.44. The van der Waals surface area contributed by atoms with Gasteiger partial charge in [-0.3, -0.25) is 4.79 Å². The Bertz CT molecular complexity index is 328. The van der Waals surface area contributed by atoms with E-state index in [4.69, 9.17) is 0 Å². The Hall–Kier alpha value is -1.31. The van der Waals surface area contributed by atoms with Crippen LogP contribution in [-0.4, -0.2) is 10.9 Å². The van der Waals surface area contributed by atoms with E-state index in [9.17, 15) is 9.90 Å². The van der Waals surface area contributed by atoms with Crippen LogP contribution in [0.1, 0.15) is 42.3 Å². The minimum absolute atomic E-state index is 0.0504. The average Bonchev–Trinajstić information content (AvgIpc) is 2.17. The molecule has 1 N–H and O–H groups in total. The van der Waals surface area contributed by atoms with Crippen molar-refractivity contribution in [3.8, 4) is 5.75 Å². The van der Waals surface area contributed by atoms with Crippen molar-refractivity contribution >= 4 is 5.78 Å². The summed E-state index contributed by atoms with van der Waals surface area (Å²) in [5, 5.41) is 9.78. The van der Waals surface area contributed by atoms with Gasteiger partial charge in [0.15, 0.2) is 5.78 Å². The van der Waals surface area contributed by atoms with E-state index in [1.54, 1.807) is 19.1 Å². The number of phenols is 1. The lowest BCUT2D eigenvalue weighted by atomic mass is 9.99. The molecule has 1 aromatic rings. The number of carbonyl (C=O) groups excluding carboxylic acids is 1. The van der Waals surface area contributed by atoms with Gasteiger partial charge in [0.2, 0.25) is 0 Å². The third kappa shape index (κ3) is 1.95. The fourth-order valence-electron chi connectivity index (χ4n) is 1.50. The first kappa shape index (κ1) is 10.8. The molecule has 1 aromatic carbocycles. The van der Waals surface area contributed by atoms with Gasteiger partial charge in [-0.05, 0) is 43.0 Å². The number of aromatic hydroxyl groups is 1. The second-order valence-corrected chi connectivity index (χ2v) is 3.41. The number of phenolic OH excluding ortho intramolecular Hbond substituents is 1. The van der Waals surface area contributed by atoms with Crippen molar-refractivity contribution in [2.45, 2.75) is 33.6 Å². The summed E-state index contributed by atoms with van der Waals surface area (Å²) in [4.78, 5) is 11.2. The molecule has 0 radical (unpaired) electrons. The van der Waals surface area contributed by atoms with Gasteiger partial charge in [0.25, 0.3) is 0 Å². The summed E-state index contributed by atoms with van der Waals surface area (Å²) in [6.07, 6.45) is 1.50. The molecule has 0 bridgehead atoms. The van der Waals surface area contributed by atoms with Crippen LogP contribution in [0.2, 0.25) is 0 Å². The molecule has 2 nitrogen and oxygen atoms in total. The standard InChI is InChI=1S/C12H16O2/c1-4-9-6-11(8(3)13)7-10(5-2)12(9)14/h6-7,14H,4-5H2,1-3H3. The van der Waals surface area contributed by atoms with Crippen molar-refractivity contribution in [1.82, 2.24) is 0 Å². The predicted octanol–water partition coefficient (Wildman–Crippen LogP) is 2.72. The highest BCUT2D eigenvalue weighted by Gasteiger charge is 2.09. The normalized spacial score (nSPS) is 10.2. The summed E-state index contributed by atoms with van der Waals surface area (Å²) in [6, 6.07) is 3.55. The molecular weight excluding hydrogens is 176 g/mol. The second kappa shape index (κ2) is 4.27. The number of rotatable bonds is 3. The average molecular weight is 192 g/mol. The zero-order valence-electron chi connectivity index (χ0n) is 8.92. The van der Waals surface area contributed by atoms with Gasteiger partial charge in [-0.1, -0.05) is 13.8 Å². The minimum Gasteiger partial charge on any atom is -0.507 e. The van der Waals surface area contributed by atoms with Crippen molar-refractivity contribution in [2.75, 3.05) is 0 Å². The molecule has 0 spiro atoms. The lowest BCUT2D eigenvalue weighted by Gasteiger charge is -2.09. The molecule has 0 atom stereocenters. The Morgan fingerprint density at radius 1 is 1.21 bits per heavy atom. The summed E-state index contributed by atoms with van der Waals surface area (Å²) in [5.41, 5.74) is 2.40. The maximum absolute atomic E-state index is 11.2. The van der Waals surface area contributed by atoms with Crippen LogP contribution in [-0.2, 0) is 12.8 Å². The van der Waals surface area contributed by atoms with E-state index in [1.165, 1.54) is 0 Å². The van der Waals surface area contributed by atoms with E-state index in [0.29, 0.717) is 11.3 Å². The highest BCUT2D eigenvalue weighted by molar-refractivity contribution is 5.94. The lowest BCUT2D eigenvalue weighted by molar-refractivity contribution is 0.101. The summed E-state index contributed by atoms with van der Waals surface area (Å²) < 4.78 is 0. The lowest BCUT2D eigenvalue weighted by Crippen LogP contribution is -1.97. The second-order valence-electron chi connectivity index (χ2n) is 3.41. The smallest absolute Gasteiger partial charge is 0.159 e. The predicted molar refractivity (Wildman–Crippen MR) is 56.9 cm³/mol. The van der Waals surface area contributed by atoms with Gasteiger partial charge in [-0.15, -0.1) is 0 Å². The molecule has 1 rings (SSSR count). The highest BCUT2D eigenvalue weighted by Crippen LogP contribution is 2.25. The molecule has 14 heavy (non-hydrogen) atoms. The van der Waals surface area contributed by atoms with Crippen molar-refractivity contribution in [2.24, 2.45) is 0 Å². The quantitative estimate of drug-likeness (QED) is 0.748. The Morgan fingerprint density at radius 2 is 1.64 bits per heavy atom. The number of ketones is 1. The monoisotopic (exact) mass is 192 g/mol. The summed E-state index contributed by atoms with van der Waals surface area (Å²) in [5.74, 6) is 0.398. The van der Waals surface area contributed by atoms with Crippen LogP contribution < -0.4 is 0 Å². The van der Waals surface area contributed by atoms with E-state index < -0.39 is 0 Å². The summed E-state index contributed by atoms with van der Waals surface area (Å²) >= 11 is 0. The van der Waals surface area contributed by atoms with Gasteiger partial charge in [-0.25, -0.2) is 0 Å².